The van der Waals surface area contributed by atoms with E-state index in [-0.39, 0.29) is 23.9 Å². The number of allylic oxidation sites excluding steroid dienone is 2. The average molecular weight is 270 g/mol. The lowest BCUT2D eigenvalue weighted by atomic mass is 9.93. The topological polar surface area (TPSA) is 52.9 Å². The molecule has 2 bridgehead atoms. The Bertz CT molecular complexity index is 617. The van der Waals surface area contributed by atoms with Gasteiger partial charge in [0.1, 0.15) is 5.82 Å². The first-order chi connectivity index (χ1) is 9.67. The van der Waals surface area contributed by atoms with Crippen molar-refractivity contribution >= 4 is 5.91 Å². The molecular weight excluding hydrogens is 255 g/mol. The van der Waals surface area contributed by atoms with Crippen LogP contribution in [0.3, 0.4) is 0 Å². The van der Waals surface area contributed by atoms with Crippen molar-refractivity contribution in [1.82, 2.24) is 5.32 Å². The second kappa shape index (κ2) is 5.09. The highest BCUT2D eigenvalue weighted by molar-refractivity contribution is 5.80. The first-order valence-corrected chi connectivity index (χ1v) is 6.82. The smallest absolute Gasteiger partial charge is 0.223 e. The van der Waals surface area contributed by atoms with E-state index in [9.17, 15) is 9.18 Å². The molecule has 1 saturated carbocycles. The number of nitriles is 1. The zero-order valence-electron chi connectivity index (χ0n) is 11.0. The summed E-state index contributed by atoms with van der Waals surface area (Å²) in [5, 5.41) is 11.5. The first-order valence-electron chi connectivity index (χ1n) is 6.82. The van der Waals surface area contributed by atoms with E-state index >= 15 is 0 Å². The van der Waals surface area contributed by atoms with Gasteiger partial charge in [0.05, 0.1) is 11.6 Å². The van der Waals surface area contributed by atoms with Gasteiger partial charge in [0.2, 0.25) is 5.91 Å². The number of hydrogen-bond donors (Lipinski definition) is 1. The lowest BCUT2D eigenvalue weighted by Crippen LogP contribution is -2.32. The largest absolute Gasteiger partial charge is 0.352 e. The Morgan fingerprint density at radius 1 is 1.40 bits per heavy atom. The quantitative estimate of drug-likeness (QED) is 0.858. The van der Waals surface area contributed by atoms with Crippen LogP contribution >= 0.6 is 0 Å². The summed E-state index contributed by atoms with van der Waals surface area (Å²) in [7, 11) is 0. The van der Waals surface area contributed by atoms with E-state index in [1.54, 1.807) is 12.1 Å². The lowest BCUT2D eigenvalue weighted by Gasteiger charge is -2.17. The van der Waals surface area contributed by atoms with Crippen LogP contribution in [0.2, 0.25) is 0 Å². The first kappa shape index (κ1) is 12.9. The molecule has 0 heterocycles. The monoisotopic (exact) mass is 270 g/mol. The van der Waals surface area contributed by atoms with E-state index in [2.05, 4.69) is 17.5 Å². The summed E-state index contributed by atoms with van der Waals surface area (Å²) in [4.78, 5) is 12.1. The summed E-state index contributed by atoms with van der Waals surface area (Å²) >= 11 is 0. The standard InChI is InChI=1S/C16H15FN2O/c17-15-7-11(8-18)2-4-13(15)9-19-16(20)14-6-10-1-3-12(14)5-10/h1-4,7,10,12,14H,5-6,9H2,(H,19,20). The van der Waals surface area contributed by atoms with Gasteiger partial charge >= 0.3 is 0 Å². The Morgan fingerprint density at radius 2 is 2.25 bits per heavy atom. The Balaban J connectivity index is 1.61. The highest BCUT2D eigenvalue weighted by atomic mass is 19.1. The number of halogens is 1. The molecule has 20 heavy (non-hydrogen) atoms. The molecule has 2 aliphatic rings. The molecule has 3 atom stereocenters. The summed E-state index contributed by atoms with van der Waals surface area (Å²) in [6.45, 7) is 0.175. The van der Waals surface area contributed by atoms with Crippen molar-refractivity contribution in [1.29, 1.82) is 5.26 Å². The van der Waals surface area contributed by atoms with Crippen molar-refractivity contribution in [3.05, 3.63) is 47.3 Å². The van der Waals surface area contributed by atoms with Gasteiger partial charge in [0.25, 0.3) is 0 Å². The van der Waals surface area contributed by atoms with Crippen molar-refractivity contribution in [3.8, 4) is 6.07 Å². The van der Waals surface area contributed by atoms with Gasteiger partial charge in [-0.1, -0.05) is 18.2 Å². The number of nitrogens with one attached hydrogen (secondary N) is 1. The maximum Gasteiger partial charge on any atom is 0.223 e. The van der Waals surface area contributed by atoms with Crippen molar-refractivity contribution in [2.24, 2.45) is 17.8 Å². The summed E-state index contributed by atoms with van der Waals surface area (Å²) in [6, 6.07) is 6.19. The molecule has 1 N–H and O–H groups in total. The Labute approximate surface area is 117 Å². The van der Waals surface area contributed by atoms with Gasteiger partial charge in [0, 0.05) is 18.0 Å². The van der Waals surface area contributed by atoms with Gasteiger partial charge in [0.15, 0.2) is 0 Å². The Hall–Kier alpha value is -2.15. The number of hydrogen-bond acceptors (Lipinski definition) is 2. The molecule has 1 aromatic rings. The molecule has 3 rings (SSSR count). The number of benzene rings is 1. The maximum atomic E-state index is 13.7. The van der Waals surface area contributed by atoms with Gasteiger partial charge in [-0.2, -0.15) is 5.26 Å². The van der Waals surface area contributed by atoms with Gasteiger partial charge in [-0.25, -0.2) is 4.39 Å². The highest BCUT2D eigenvalue weighted by Gasteiger charge is 2.39. The minimum absolute atomic E-state index is 0.00519. The third kappa shape index (κ3) is 2.32. The molecule has 4 heteroatoms. The van der Waals surface area contributed by atoms with Crippen LogP contribution in [-0.4, -0.2) is 5.91 Å². The molecule has 1 amide bonds. The van der Waals surface area contributed by atoms with Crippen LogP contribution in [0, 0.1) is 34.9 Å². The van der Waals surface area contributed by atoms with Gasteiger partial charge < -0.3 is 5.32 Å². The van der Waals surface area contributed by atoms with Crippen LogP contribution in [0.5, 0.6) is 0 Å². The molecule has 0 aliphatic heterocycles. The van der Waals surface area contributed by atoms with Crippen LogP contribution in [0.15, 0.2) is 30.4 Å². The Kier molecular flexibility index (Phi) is 3.27. The summed E-state index contributed by atoms with van der Waals surface area (Å²) in [6.07, 6.45) is 6.29. The number of nitrogens with zero attached hydrogens (tertiary/aromatic N) is 1. The summed E-state index contributed by atoms with van der Waals surface area (Å²) < 4.78 is 13.7. The molecule has 0 aromatic heterocycles. The molecule has 0 saturated heterocycles. The molecular formula is C16H15FN2O. The molecule has 0 radical (unpaired) electrons. The van der Waals surface area contributed by atoms with E-state index in [1.165, 1.54) is 6.07 Å². The molecule has 0 spiro atoms. The van der Waals surface area contributed by atoms with Crippen LogP contribution in [0.4, 0.5) is 4.39 Å². The third-order valence-electron chi connectivity index (χ3n) is 4.25. The number of carbonyl (C=O) groups is 1. The van der Waals surface area contributed by atoms with E-state index in [4.69, 9.17) is 5.26 Å². The zero-order valence-corrected chi connectivity index (χ0v) is 11.0. The molecule has 2 aliphatic carbocycles. The SMILES string of the molecule is N#Cc1ccc(CNC(=O)C2CC3C=CC2C3)c(F)c1. The second-order valence-corrected chi connectivity index (χ2v) is 5.52. The fourth-order valence-electron chi connectivity index (χ4n) is 3.16. The van der Waals surface area contributed by atoms with Gasteiger partial charge in [-0.15, -0.1) is 0 Å². The number of carbonyl (C=O) groups excluding carboxylic acids is 1. The minimum Gasteiger partial charge on any atom is -0.352 e. The molecule has 102 valence electrons. The molecule has 3 nitrogen and oxygen atoms in total. The van der Waals surface area contributed by atoms with Gasteiger partial charge in [-0.05, 0) is 36.8 Å². The van der Waals surface area contributed by atoms with Crippen LogP contribution in [-0.2, 0) is 11.3 Å². The van der Waals surface area contributed by atoms with Crippen molar-refractivity contribution < 1.29 is 9.18 Å². The summed E-state index contributed by atoms with van der Waals surface area (Å²) in [5.74, 6) is 0.488. The highest BCUT2D eigenvalue weighted by Crippen LogP contribution is 2.43. The predicted molar refractivity (Wildman–Crippen MR) is 71.8 cm³/mol. The second-order valence-electron chi connectivity index (χ2n) is 5.52. The third-order valence-corrected chi connectivity index (χ3v) is 4.25. The zero-order chi connectivity index (χ0) is 14.1. The fraction of sp³-hybridized carbons (Fsp3) is 0.375. The fourth-order valence-corrected chi connectivity index (χ4v) is 3.16. The Morgan fingerprint density at radius 3 is 2.85 bits per heavy atom. The number of rotatable bonds is 3. The van der Waals surface area contributed by atoms with Crippen LogP contribution in [0.1, 0.15) is 24.0 Å². The normalized spacial score (nSPS) is 26.5. The van der Waals surface area contributed by atoms with Crippen molar-refractivity contribution in [3.63, 3.8) is 0 Å². The minimum atomic E-state index is -0.447. The van der Waals surface area contributed by atoms with Crippen LogP contribution in [0.25, 0.3) is 0 Å². The molecule has 1 fully saturated rings. The molecule has 3 unspecified atom stereocenters. The lowest BCUT2D eigenvalue weighted by molar-refractivity contribution is -0.125. The summed E-state index contributed by atoms with van der Waals surface area (Å²) in [5.41, 5.74) is 0.701. The number of amides is 1. The number of fused-ring (bicyclic) bond motifs is 2. The van der Waals surface area contributed by atoms with Crippen LogP contribution < -0.4 is 5.32 Å². The molecule has 1 aromatic carbocycles. The average Bonchev–Trinajstić information content (AvgIpc) is 3.08. The van der Waals surface area contributed by atoms with Gasteiger partial charge in [-0.3, -0.25) is 4.79 Å². The van der Waals surface area contributed by atoms with E-state index < -0.39 is 5.82 Å². The van der Waals surface area contributed by atoms with Crippen molar-refractivity contribution in [2.45, 2.75) is 19.4 Å². The predicted octanol–water partition coefficient (Wildman–Crippen LogP) is 2.53. The van der Waals surface area contributed by atoms with Crippen molar-refractivity contribution in [2.75, 3.05) is 0 Å². The van der Waals surface area contributed by atoms with E-state index in [0.29, 0.717) is 17.4 Å². The van der Waals surface area contributed by atoms with E-state index in [0.717, 1.165) is 12.8 Å². The maximum absolute atomic E-state index is 13.7. The van der Waals surface area contributed by atoms with E-state index in [1.807, 2.05) is 6.07 Å².